The number of benzene rings is 1. The first-order valence-corrected chi connectivity index (χ1v) is 6.08. The molecule has 3 N–H and O–H groups in total. The van der Waals surface area contributed by atoms with Crippen molar-refractivity contribution in [1.29, 1.82) is 0 Å². The fraction of sp³-hybridized carbons (Fsp3) is 0.462. The van der Waals surface area contributed by atoms with Gasteiger partial charge in [0.15, 0.2) is 0 Å². The van der Waals surface area contributed by atoms with E-state index in [2.05, 4.69) is 17.6 Å². The number of anilines is 1. The molecular weight excluding hydrogens is 232 g/mol. The summed E-state index contributed by atoms with van der Waals surface area (Å²) in [7, 11) is 0. The summed E-state index contributed by atoms with van der Waals surface area (Å²) in [4.78, 5) is 11.4. The minimum absolute atomic E-state index is 0.0788. The monoisotopic (exact) mass is 252 g/mol. The first kappa shape index (κ1) is 14.3. The van der Waals surface area contributed by atoms with E-state index in [1.54, 1.807) is 12.1 Å². The number of nitrogens with one attached hydrogen (secondary N) is 2. The van der Waals surface area contributed by atoms with Crippen LogP contribution in [0, 0.1) is 0 Å². The molecule has 5 nitrogen and oxygen atoms in total. The van der Waals surface area contributed by atoms with Gasteiger partial charge in [-0.2, -0.15) is 0 Å². The highest BCUT2D eigenvalue weighted by Crippen LogP contribution is 2.19. The standard InChI is InChI=1S/C13H20N2O3/c1-3-10(2)18-12-6-4-5-11(9-12)15-13(17)14-7-8-16/h4-6,9-10,16H,3,7-8H2,1-2H3,(H2,14,15,17). The summed E-state index contributed by atoms with van der Waals surface area (Å²) in [6, 6.07) is 6.87. The van der Waals surface area contributed by atoms with E-state index >= 15 is 0 Å². The zero-order valence-electron chi connectivity index (χ0n) is 10.8. The lowest BCUT2D eigenvalue weighted by atomic mass is 10.3. The highest BCUT2D eigenvalue weighted by Gasteiger charge is 2.04. The summed E-state index contributed by atoms with van der Waals surface area (Å²) in [6.45, 7) is 4.20. The van der Waals surface area contributed by atoms with Crippen LogP contribution in [-0.4, -0.2) is 30.4 Å². The zero-order valence-corrected chi connectivity index (χ0v) is 10.8. The molecule has 0 aliphatic carbocycles. The number of urea groups is 1. The van der Waals surface area contributed by atoms with E-state index in [-0.39, 0.29) is 25.3 Å². The van der Waals surface area contributed by atoms with Crippen LogP contribution in [0.5, 0.6) is 5.75 Å². The largest absolute Gasteiger partial charge is 0.491 e. The van der Waals surface area contributed by atoms with Crippen LogP contribution >= 0.6 is 0 Å². The molecule has 0 heterocycles. The van der Waals surface area contributed by atoms with E-state index in [9.17, 15) is 4.79 Å². The van der Waals surface area contributed by atoms with Crippen molar-refractivity contribution in [2.24, 2.45) is 0 Å². The molecule has 0 aromatic heterocycles. The van der Waals surface area contributed by atoms with Crippen LogP contribution in [0.25, 0.3) is 0 Å². The lowest BCUT2D eigenvalue weighted by Crippen LogP contribution is -2.30. The molecule has 0 saturated carbocycles. The molecule has 0 aliphatic rings. The SMILES string of the molecule is CCC(C)Oc1cccc(NC(=O)NCCO)c1. The third kappa shape index (κ3) is 5.05. The quantitative estimate of drug-likeness (QED) is 0.725. The fourth-order valence-electron chi connectivity index (χ4n) is 1.31. The molecule has 0 fully saturated rings. The number of hydrogen-bond donors (Lipinski definition) is 3. The van der Waals surface area contributed by atoms with Crippen molar-refractivity contribution in [1.82, 2.24) is 5.32 Å². The molecule has 1 aromatic carbocycles. The van der Waals surface area contributed by atoms with Gasteiger partial charge in [0, 0.05) is 18.3 Å². The first-order valence-electron chi connectivity index (χ1n) is 6.08. The van der Waals surface area contributed by atoms with Crippen LogP contribution in [0.3, 0.4) is 0 Å². The van der Waals surface area contributed by atoms with E-state index in [0.717, 1.165) is 12.2 Å². The van der Waals surface area contributed by atoms with Gasteiger partial charge in [0.25, 0.3) is 0 Å². The third-order valence-electron chi connectivity index (χ3n) is 2.40. The lowest BCUT2D eigenvalue weighted by molar-refractivity contribution is 0.217. The molecule has 2 amide bonds. The Balaban J connectivity index is 2.56. The maximum Gasteiger partial charge on any atom is 0.319 e. The smallest absolute Gasteiger partial charge is 0.319 e. The number of ether oxygens (including phenoxy) is 1. The van der Waals surface area contributed by atoms with E-state index in [1.165, 1.54) is 0 Å². The van der Waals surface area contributed by atoms with E-state index < -0.39 is 0 Å². The Hall–Kier alpha value is -1.75. The molecule has 1 rings (SSSR count). The number of hydrogen-bond acceptors (Lipinski definition) is 3. The lowest BCUT2D eigenvalue weighted by Gasteiger charge is -2.13. The number of rotatable bonds is 6. The second-order valence-corrected chi connectivity index (χ2v) is 3.97. The Bertz CT molecular complexity index is 382. The number of amides is 2. The Morgan fingerprint density at radius 3 is 2.94 bits per heavy atom. The minimum atomic E-state index is -0.343. The highest BCUT2D eigenvalue weighted by molar-refractivity contribution is 5.89. The number of aliphatic hydroxyl groups excluding tert-OH is 1. The van der Waals surface area contributed by atoms with Crippen LogP contribution in [0.2, 0.25) is 0 Å². The third-order valence-corrected chi connectivity index (χ3v) is 2.40. The summed E-state index contributed by atoms with van der Waals surface area (Å²) >= 11 is 0. The van der Waals surface area contributed by atoms with Gasteiger partial charge >= 0.3 is 6.03 Å². The van der Waals surface area contributed by atoms with Gasteiger partial charge in [-0.3, -0.25) is 0 Å². The number of carbonyl (C=O) groups excluding carboxylic acids is 1. The summed E-state index contributed by atoms with van der Waals surface area (Å²) < 4.78 is 5.66. The average Bonchev–Trinajstić information content (AvgIpc) is 2.36. The van der Waals surface area contributed by atoms with Crippen molar-refractivity contribution in [3.63, 3.8) is 0 Å². The molecule has 100 valence electrons. The zero-order chi connectivity index (χ0) is 13.4. The molecule has 0 saturated heterocycles. The number of aliphatic hydroxyl groups is 1. The number of carbonyl (C=O) groups is 1. The van der Waals surface area contributed by atoms with Crippen LogP contribution in [0.15, 0.2) is 24.3 Å². The first-order chi connectivity index (χ1) is 8.65. The predicted molar refractivity (Wildman–Crippen MR) is 70.9 cm³/mol. The van der Waals surface area contributed by atoms with Crippen molar-refractivity contribution in [3.05, 3.63) is 24.3 Å². The summed E-state index contributed by atoms with van der Waals surface area (Å²) in [5, 5.41) is 13.8. The van der Waals surface area contributed by atoms with Gasteiger partial charge in [0.1, 0.15) is 5.75 Å². The Morgan fingerprint density at radius 1 is 1.50 bits per heavy atom. The predicted octanol–water partition coefficient (Wildman–Crippen LogP) is 1.98. The molecule has 0 bridgehead atoms. The molecule has 18 heavy (non-hydrogen) atoms. The molecule has 1 atom stereocenters. The van der Waals surface area contributed by atoms with Gasteiger partial charge in [0.2, 0.25) is 0 Å². The molecule has 0 radical (unpaired) electrons. The highest BCUT2D eigenvalue weighted by atomic mass is 16.5. The van der Waals surface area contributed by atoms with Gasteiger partial charge in [-0.15, -0.1) is 0 Å². The van der Waals surface area contributed by atoms with E-state index in [0.29, 0.717) is 5.69 Å². The van der Waals surface area contributed by atoms with Crippen molar-refractivity contribution >= 4 is 11.7 Å². The second kappa shape index (κ2) is 7.55. The van der Waals surface area contributed by atoms with Gasteiger partial charge in [-0.05, 0) is 25.5 Å². The van der Waals surface area contributed by atoms with Crippen LogP contribution in [0.1, 0.15) is 20.3 Å². The fourth-order valence-corrected chi connectivity index (χ4v) is 1.31. The molecule has 5 heteroatoms. The van der Waals surface area contributed by atoms with Crippen molar-refractivity contribution in [2.75, 3.05) is 18.5 Å². The van der Waals surface area contributed by atoms with Crippen molar-refractivity contribution < 1.29 is 14.6 Å². The molecule has 0 aliphatic heterocycles. The average molecular weight is 252 g/mol. The van der Waals surface area contributed by atoms with E-state index in [1.807, 2.05) is 19.1 Å². The van der Waals surface area contributed by atoms with Crippen molar-refractivity contribution in [3.8, 4) is 5.75 Å². The normalized spacial score (nSPS) is 11.7. The summed E-state index contributed by atoms with van der Waals surface area (Å²) in [5.41, 5.74) is 0.659. The van der Waals surface area contributed by atoms with E-state index in [4.69, 9.17) is 9.84 Å². The summed E-state index contributed by atoms with van der Waals surface area (Å²) in [6.07, 6.45) is 1.07. The molecular formula is C13H20N2O3. The summed E-state index contributed by atoms with van der Waals surface area (Å²) in [5.74, 6) is 0.726. The minimum Gasteiger partial charge on any atom is -0.491 e. The van der Waals surface area contributed by atoms with Gasteiger partial charge < -0.3 is 20.5 Å². The molecule has 1 aromatic rings. The maximum absolute atomic E-state index is 11.4. The van der Waals surface area contributed by atoms with Gasteiger partial charge in [-0.25, -0.2) is 4.79 Å². The Labute approximate surface area is 107 Å². The molecule has 1 unspecified atom stereocenters. The van der Waals surface area contributed by atoms with Crippen LogP contribution < -0.4 is 15.4 Å². The second-order valence-electron chi connectivity index (χ2n) is 3.97. The van der Waals surface area contributed by atoms with Crippen LogP contribution in [0.4, 0.5) is 10.5 Å². The van der Waals surface area contributed by atoms with Crippen LogP contribution in [-0.2, 0) is 0 Å². The van der Waals surface area contributed by atoms with Gasteiger partial charge in [-0.1, -0.05) is 13.0 Å². The Morgan fingerprint density at radius 2 is 2.28 bits per heavy atom. The molecule has 0 spiro atoms. The van der Waals surface area contributed by atoms with Gasteiger partial charge in [0.05, 0.1) is 12.7 Å². The van der Waals surface area contributed by atoms with Crippen molar-refractivity contribution in [2.45, 2.75) is 26.4 Å². The Kier molecular flexibility index (Phi) is 6.00. The maximum atomic E-state index is 11.4. The topological polar surface area (TPSA) is 70.6 Å².